The van der Waals surface area contributed by atoms with Crippen molar-refractivity contribution in [2.75, 3.05) is 13.2 Å². The van der Waals surface area contributed by atoms with Crippen molar-refractivity contribution in [2.24, 2.45) is 5.10 Å². The van der Waals surface area contributed by atoms with Gasteiger partial charge in [-0.05, 0) is 48.6 Å². The lowest BCUT2D eigenvalue weighted by Gasteiger charge is -2.19. The number of hydrogen-bond donors (Lipinski definition) is 6. The van der Waals surface area contributed by atoms with Gasteiger partial charge in [0.2, 0.25) is 5.91 Å². The summed E-state index contributed by atoms with van der Waals surface area (Å²) in [4.78, 5) is 36.9. The predicted molar refractivity (Wildman–Crippen MR) is 142 cm³/mol. The first-order valence-corrected chi connectivity index (χ1v) is 12.5. The van der Waals surface area contributed by atoms with Crippen LogP contribution in [0.25, 0.3) is 0 Å². The van der Waals surface area contributed by atoms with E-state index in [1.165, 1.54) is 24.2 Å². The third-order valence-electron chi connectivity index (χ3n) is 5.93. The van der Waals surface area contributed by atoms with E-state index in [-0.39, 0.29) is 12.3 Å². The van der Waals surface area contributed by atoms with Crippen molar-refractivity contribution in [3.05, 3.63) is 89.4 Å². The van der Waals surface area contributed by atoms with E-state index >= 15 is 0 Å². The number of amidine groups is 1. The molecule has 2 amide bonds. The Labute approximate surface area is 224 Å². The molecule has 0 bridgehead atoms. The maximum atomic E-state index is 13.2. The number of carbonyl (C=O) groups is 3. The Morgan fingerprint density at radius 2 is 1.90 bits per heavy atom. The zero-order valence-corrected chi connectivity index (χ0v) is 21.1. The lowest BCUT2D eigenvalue weighted by molar-refractivity contribution is -0.139. The molecule has 0 fully saturated rings. The minimum atomic E-state index is -1.12. The second-order valence-electron chi connectivity index (χ2n) is 8.81. The number of furan rings is 1. The number of ether oxygens (including phenoxy) is 1. The molecule has 2 heterocycles. The highest BCUT2D eigenvalue weighted by Gasteiger charge is 2.24. The van der Waals surface area contributed by atoms with Crippen molar-refractivity contribution in [3.63, 3.8) is 0 Å². The third kappa shape index (κ3) is 8.07. The minimum absolute atomic E-state index is 0.166. The van der Waals surface area contributed by atoms with Gasteiger partial charge in [0.1, 0.15) is 18.1 Å². The van der Waals surface area contributed by atoms with Crippen LogP contribution < -0.4 is 31.9 Å². The van der Waals surface area contributed by atoms with Crippen molar-refractivity contribution in [3.8, 4) is 5.75 Å². The number of hydrazine groups is 2. The van der Waals surface area contributed by atoms with Gasteiger partial charge in [0.25, 0.3) is 5.91 Å². The summed E-state index contributed by atoms with van der Waals surface area (Å²) in [5, 5.41) is 18.8. The summed E-state index contributed by atoms with van der Waals surface area (Å²) in [6.07, 6.45) is 5.47. The number of carboxylic acids is 1. The lowest BCUT2D eigenvalue weighted by Crippen LogP contribution is -2.48. The molecule has 6 N–H and O–H groups in total. The molecule has 1 aromatic heterocycles. The molecule has 204 valence electrons. The Kier molecular flexibility index (Phi) is 9.51. The van der Waals surface area contributed by atoms with Crippen LogP contribution in [0, 0.1) is 0 Å². The van der Waals surface area contributed by atoms with Crippen LogP contribution in [0.15, 0.2) is 76.6 Å². The third-order valence-corrected chi connectivity index (χ3v) is 5.93. The molecule has 0 spiro atoms. The van der Waals surface area contributed by atoms with Gasteiger partial charge < -0.3 is 24.9 Å². The molecule has 39 heavy (non-hydrogen) atoms. The first kappa shape index (κ1) is 27.2. The van der Waals surface area contributed by atoms with Crippen molar-refractivity contribution in [1.29, 1.82) is 0 Å². The molecule has 4 rings (SSSR count). The quantitative estimate of drug-likeness (QED) is 0.168. The molecule has 12 nitrogen and oxygen atoms in total. The van der Waals surface area contributed by atoms with Crippen LogP contribution in [0.3, 0.4) is 0 Å². The average Bonchev–Trinajstić information content (AvgIpc) is 3.67. The molecule has 0 aliphatic carbocycles. The van der Waals surface area contributed by atoms with Crippen LogP contribution in [-0.4, -0.2) is 47.9 Å². The van der Waals surface area contributed by atoms with E-state index in [0.29, 0.717) is 34.8 Å². The van der Waals surface area contributed by atoms with Gasteiger partial charge in [0.15, 0.2) is 12.4 Å². The van der Waals surface area contributed by atoms with E-state index in [2.05, 4.69) is 44.4 Å². The number of aryl methyl sites for hydroxylation is 1. The highest BCUT2D eigenvalue weighted by atomic mass is 16.5. The topological polar surface area (TPSA) is 166 Å². The molecule has 0 radical (unpaired) electrons. The summed E-state index contributed by atoms with van der Waals surface area (Å²) < 4.78 is 10.4. The van der Waals surface area contributed by atoms with Crippen LogP contribution in [0.4, 0.5) is 0 Å². The number of hydrogen-bond acceptors (Lipinski definition) is 9. The summed E-state index contributed by atoms with van der Waals surface area (Å²) in [6.45, 7) is -0.0639. The number of unbranched alkanes of at least 4 members (excludes halogenated alkanes) is 1. The summed E-state index contributed by atoms with van der Waals surface area (Å²) in [5.74, 6) is -1.22. The summed E-state index contributed by atoms with van der Waals surface area (Å²) in [7, 11) is 0. The predicted octanol–water partition coefficient (Wildman–Crippen LogP) is 1.50. The first-order chi connectivity index (χ1) is 19.0. The Bertz CT molecular complexity index is 1300. The second-order valence-corrected chi connectivity index (χ2v) is 8.81. The van der Waals surface area contributed by atoms with E-state index in [4.69, 9.17) is 14.3 Å². The molecular weight excluding hydrogens is 504 g/mol. The maximum absolute atomic E-state index is 13.2. The van der Waals surface area contributed by atoms with Crippen LogP contribution in [0.2, 0.25) is 0 Å². The molecule has 2 aromatic carbocycles. The highest BCUT2D eigenvalue weighted by Crippen LogP contribution is 2.22. The molecule has 3 aromatic rings. The van der Waals surface area contributed by atoms with Gasteiger partial charge in [-0.25, -0.2) is 10.3 Å². The van der Waals surface area contributed by atoms with Crippen LogP contribution in [-0.2, 0) is 22.4 Å². The SMILES string of the molecule is O=C(O)COc1ccc(CC(NC(=O)c2ccoc2)C(=O)NCCCCc2ccccc2)cc1C1=NNNN1. The Morgan fingerprint density at radius 3 is 2.62 bits per heavy atom. The van der Waals surface area contributed by atoms with Gasteiger partial charge in [-0.2, -0.15) is 0 Å². The molecular formula is C27H30N6O6. The molecule has 1 unspecified atom stereocenters. The number of rotatable bonds is 14. The normalized spacial score (nSPS) is 13.0. The fourth-order valence-electron chi connectivity index (χ4n) is 3.99. The lowest BCUT2D eigenvalue weighted by atomic mass is 10.0. The number of amides is 2. The van der Waals surface area contributed by atoms with Gasteiger partial charge in [-0.15, -0.1) is 10.6 Å². The van der Waals surface area contributed by atoms with Gasteiger partial charge in [0, 0.05) is 13.0 Å². The molecule has 1 aliphatic heterocycles. The molecule has 0 saturated heterocycles. The first-order valence-electron chi connectivity index (χ1n) is 12.5. The van der Waals surface area contributed by atoms with Gasteiger partial charge in [0.05, 0.1) is 17.4 Å². The molecule has 12 heteroatoms. The smallest absolute Gasteiger partial charge is 0.341 e. The molecule has 0 saturated carbocycles. The summed E-state index contributed by atoms with van der Waals surface area (Å²) in [6, 6.07) is 15.8. The summed E-state index contributed by atoms with van der Waals surface area (Å²) >= 11 is 0. The number of carboxylic acid groups (broad SMARTS) is 1. The largest absolute Gasteiger partial charge is 0.481 e. The van der Waals surface area contributed by atoms with Crippen LogP contribution in [0.1, 0.15) is 39.9 Å². The monoisotopic (exact) mass is 534 g/mol. The zero-order valence-electron chi connectivity index (χ0n) is 21.1. The minimum Gasteiger partial charge on any atom is -0.481 e. The molecule has 1 atom stereocenters. The standard InChI is InChI=1S/C27H30N6O6/c34-24(35)17-39-23-10-9-19(14-21(23)25-30-32-33-31-25)15-22(29-26(36)20-11-13-38-16-20)27(37)28-12-5-4-8-18-6-2-1-3-7-18/h1-3,6-7,9-11,13-14,16,22,32-33H,4-5,8,12,15,17H2,(H,28,37)(H,29,36)(H,30,31)(H,34,35). The van der Waals surface area contributed by atoms with E-state index < -0.39 is 24.5 Å². The number of hydrazone groups is 1. The summed E-state index contributed by atoms with van der Waals surface area (Å²) in [5.41, 5.74) is 10.7. The van der Waals surface area contributed by atoms with E-state index in [9.17, 15) is 14.4 Å². The Hall–Kier alpha value is -4.84. The van der Waals surface area contributed by atoms with E-state index in [1.807, 2.05) is 18.2 Å². The fourth-order valence-corrected chi connectivity index (χ4v) is 3.99. The number of nitrogens with zero attached hydrogens (tertiary/aromatic N) is 1. The number of nitrogens with one attached hydrogen (secondary N) is 5. The van der Waals surface area contributed by atoms with Crippen molar-refractivity contribution >= 4 is 23.6 Å². The van der Waals surface area contributed by atoms with Crippen molar-refractivity contribution < 1.29 is 28.6 Å². The average molecular weight is 535 g/mol. The number of aliphatic carboxylic acids is 1. The van der Waals surface area contributed by atoms with Crippen molar-refractivity contribution in [1.82, 2.24) is 27.1 Å². The van der Waals surface area contributed by atoms with E-state index in [0.717, 1.165) is 19.3 Å². The highest BCUT2D eigenvalue weighted by molar-refractivity contribution is 6.01. The van der Waals surface area contributed by atoms with Gasteiger partial charge in [-0.1, -0.05) is 36.4 Å². The number of carbonyl (C=O) groups excluding carboxylic acids is 2. The second kappa shape index (κ2) is 13.6. The van der Waals surface area contributed by atoms with Crippen LogP contribution in [0.5, 0.6) is 5.75 Å². The fraction of sp³-hybridized carbons (Fsp3) is 0.259. The van der Waals surface area contributed by atoms with Gasteiger partial charge >= 0.3 is 5.97 Å². The zero-order chi connectivity index (χ0) is 27.5. The maximum Gasteiger partial charge on any atom is 0.341 e. The Morgan fingerprint density at radius 1 is 1.05 bits per heavy atom. The number of benzene rings is 2. The van der Waals surface area contributed by atoms with E-state index in [1.54, 1.807) is 18.2 Å². The molecule has 1 aliphatic rings. The van der Waals surface area contributed by atoms with Gasteiger partial charge in [-0.3, -0.25) is 15.0 Å². The van der Waals surface area contributed by atoms with Crippen LogP contribution >= 0.6 is 0 Å². The Balaban J connectivity index is 1.44. The van der Waals surface area contributed by atoms with Crippen molar-refractivity contribution in [2.45, 2.75) is 31.7 Å².